The van der Waals surface area contributed by atoms with E-state index in [2.05, 4.69) is 10.3 Å². The second-order valence-corrected chi connectivity index (χ2v) is 5.04. The summed E-state index contributed by atoms with van der Waals surface area (Å²) in [6.45, 7) is 1.07. The first-order valence-electron chi connectivity index (χ1n) is 6.67. The van der Waals surface area contributed by atoms with Crippen LogP contribution in [0.3, 0.4) is 0 Å². The van der Waals surface area contributed by atoms with Gasteiger partial charge in [-0.2, -0.15) is 0 Å². The number of piperidine rings is 1. The van der Waals surface area contributed by atoms with Crippen LogP contribution in [0, 0.1) is 0 Å². The summed E-state index contributed by atoms with van der Waals surface area (Å²) in [4.78, 5) is 15.6. The first-order chi connectivity index (χ1) is 9.24. The topological polar surface area (TPSA) is 66.6 Å². The molecule has 0 radical (unpaired) electrons. The molecule has 0 spiro atoms. The van der Waals surface area contributed by atoms with Gasteiger partial charge in [-0.3, -0.25) is 0 Å². The maximum absolute atomic E-state index is 11.1. The number of carboxylic acid groups (broad SMARTS) is 1. The van der Waals surface area contributed by atoms with Crippen molar-refractivity contribution in [2.24, 2.45) is 0 Å². The lowest BCUT2D eigenvalue weighted by atomic mass is 10.0. The highest BCUT2D eigenvalue weighted by atomic mass is 16.4. The van der Waals surface area contributed by atoms with E-state index < -0.39 is 5.97 Å². The molecule has 5 nitrogen and oxygen atoms in total. The number of carboxylic acids is 1. The van der Waals surface area contributed by atoms with Gasteiger partial charge in [0.2, 0.25) is 0 Å². The molecule has 3 heterocycles. The molecule has 1 aliphatic rings. The molecule has 0 amide bonds. The quantitative estimate of drug-likeness (QED) is 0.880. The average Bonchev–Trinajstić information content (AvgIpc) is 2.81. The Morgan fingerprint density at radius 1 is 1.53 bits per heavy atom. The van der Waals surface area contributed by atoms with Crippen molar-refractivity contribution in [3.05, 3.63) is 35.8 Å². The molecule has 0 aromatic carbocycles. The molecule has 2 N–H and O–H groups in total. The van der Waals surface area contributed by atoms with Gasteiger partial charge < -0.3 is 14.8 Å². The van der Waals surface area contributed by atoms with Crippen LogP contribution < -0.4 is 5.32 Å². The van der Waals surface area contributed by atoms with Crippen LogP contribution >= 0.6 is 0 Å². The number of rotatable bonds is 3. The van der Waals surface area contributed by atoms with Gasteiger partial charge in [0.25, 0.3) is 0 Å². The Morgan fingerprint density at radius 3 is 3.16 bits per heavy atom. The number of carbonyl (C=O) groups is 1. The molecule has 0 aliphatic carbocycles. The van der Waals surface area contributed by atoms with E-state index in [0.29, 0.717) is 11.7 Å². The number of pyridine rings is 1. The van der Waals surface area contributed by atoms with Crippen molar-refractivity contribution < 1.29 is 9.90 Å². The van der Waals surface area contributed by atoms with E-state index in [0.717, 1.165) is 18.7 Å². The fraction of sp³-hybridized carbons (Fsp3) is 0.429. The Kier molecular flexibility index (Phi) is 3.21. The van der Waals surface area contributed by atoms with Crippen LogP contribution in [-0.2, 0) is 6.42 Å². The summed E-state index contributed by atoms with van der Waals surface area (Å²) in [5, 5.41) is 12.6. The summed E-state index contributed by atoms with van der Waals surface area (Å²) < 4.78 is 1.79. The number of nitrogens with one attached hydrogen (secondary N) is 1. The first kappa shape index (κ1) is 12.2. The van der Waals surface area contributed by atoms with E-state index in [1.165, 1.54) is 19.3 Å². The zero-order chi connectivity index (χ0) is 13.2. The fourth-order valence-corrected chi connectivity index (χ4v) is 2.68. The maximum atomic E-state index is 11.1. The van der Waals surface area contributed by atoms with Gasteiger partial charge in [0.15, 0.2) is 5.65 Å². The predicted molar refractivity (Wildman–Crippen MR) is 71.5 cm³/mol. The van der Waals surface area contributed by atoms with Crippen LogP contribution in [0.5, 0.6) is 0 Å². The van der Waals surface area contributed by atoms with Crippen molar-refractivity contribution in [1.29, 1.82) is 0 Å². The summed E-state index contributed by atoms with van der Waals surface area (Å²) in [5.41, 5.74) is 1.74. The molecule has 1 aliphatic heterocycles. The van der Waals surface area contributed by atoms with Crippen molar-refractivity contribution in [2.45, 2.75) is 31.7 Å². The van der Waals surface area contributed by atoms with Crippen molar-refractivity contribution in [3.63, 3.8) is 0 Å². The van der Waals surface area contributed by atoms with E-state index in [1.54, 1.807) is 16.5 Å². The number of nitrogens with zero attached hydrogens (tertiary/aromatic N) is 2. The van der Waals surface area contributed by atoms with Crippen LogP contribution in [0.2, 0.25) is 0 Å². The van der Waals surface area contributed by atoms with Gasteiger partial charge in [0, 0.05) is 24.9 Å². The van der Waals surface area contributed by atoms with E-state index >= 15 is 0 Å². The summed E-state index contributed by atoms with van der Waals surface area (Å²) >= 11 is 0. The zero-order valence-corrected chi connectivity index (χ0v) is 10.7. The predicted octanol–water partition coefficient (Wildman–Crippen LogP) is 1.72. The molecule has 5 heteroatoms. The Hall–Kier alpha value is -1.88. The average molecular weight is 259 g/mol. The molecule has 3 rings (SSSR count). The Balaban J connectivity index is 1.88. The molecule has 0 bridgehead atoms. The molecular formula is C14H17N3O2. The van der Waals surface area contributed by atoms with E-state index in [-0.39, 0.29) is 5.56 Å². The van der Waals surface area contributed by atoms with Gasteiger partial charge in [0.1, 0.15) is 5.56 Å². The number of aromatic carboxylic acids is 1. The lowest BCUT2D eigenvalue weighted by Crippen LogP contribution is -2.35. The number of imidazole rings is 1. The smallest absolute Gasteiger partial charge is 0.339 e. The van der Waals surface area contributed by atoms with Gasteiger partial charge in [-0.15, -0.1) is 0 Å². The minimum atomic E-state index is -0.932. The molecule has 2 aromatic heterocycles. The lowest BCUT2D eigenvalue weighted by molar-refractivity contribution is 0.0698. The summed E-state index contributed by atoms with van der Waals surface area (Å²) in [6.07, 6.45) is 8.29. The van der Waals surface area contributed by atoms with Crippen molar-refractivity contribution in [2.75, 3.05) is 6.54 Å². The van der Waals surface area contributed by atoms with Gasteiger partial charge in [0.05, 0.1) is 5.69 Å². The van der Waals surface area contributed by atoms with Crippen LogP contribution in [0.4, 0.5) is 0 Å². The number of hydrogen-bond acceptors (Lipinski definition) is 3. The third kappa shape index (κ3) is 2.46. The van der Waals surface area contributed by atoms with Crippen LogP contribution in [0.1, 0.15) is 35.3 Å². The van der Waals surface area contributed by atoms with Crippen LogP contribution in [0.15, 0.2) is 24.5 Å². The summed E-state index contributed by atoms with van der Waals surface area (Å²) in [7, 11) is 0. The monoisotopic (exact) mass is 259 g/mol. The molecule has 1 unspecified atom stereocenters. The highest BCUT2D eigenvalue weighted by molar-refractivity contribution is 5.94. The standard InChI is InChI=1S/C14H17N3O2/c18-14(19)12-5-3-7-17-9-11(16-13(12)17)8-10-4-1-2-6-15-10/h3,5,7,9-10,15H,1-2,4,6,8H2,(H,18,19). The fourth-order valence-electron chi connectivity index (χ4n) is 2.68. The molecule has 1 saturated heterocycles. The highest BCUT2D eigenvalue weighted by Crippen LogP contribution is 2.15. The molecule has 1 fully saturated rings. The number of hydrogen-bond donors (Lipinski definition) is 2. The molecule has 0 saturated carbocycles. The normalized spacial score (nSPS) is 19.7. The zero-order valence-electron chi connectivity index (χ0n) is 10.7. The summed E-state index contributed by atoms with van der Waals surface area (Å²) in [6, 6.07) is 3.79. The lowest BCUT2D eigenvalue weighted by Gasteiger charge is -2.22. The third-order valence-corrected chi connectivity index (χ3v) is 3.63. The molecule has 2 aromatic rings. The largest absolute Gasteiger partial charge is 0.478 e. The van der Waals surface area contributed by atoms with Gasteiger partial charge in [-0.25, -0.2) is 9.78 Å². The molecule has 100 valence electrons. The Bertz CT molecular complexity index is 600. The van der Waals surface area contributed by atoms with E-state index in [4.69, 9.17) is 5.11 Å². The van der Waals surface area contributed by atoms with Gasteiger partial charge in [-0.05, 0) is 31.5 Å². The van der Waals surface area contributed by atoms with Gasteiger partial charge in [-0.1, -0.05) is 6.42 Å². The van der Waals surface area contributed by atoms with Crippen LogP contribution in [-0.4, -0.2) is 33.0 Å². The van der Waals surface area contributed by atoms with Crippen molar-refractivity contribution in [3.8, 4) is 0 Å². The molecule has 19 heavy (non-hydrogen) atoms. The van der Waals surface area contributed by atoms with E-state index in [9.17, 15) is 4.79 Å². The second kappa shape index (κ2) is 5.01. The Labute approximate surface area is 111 Å². The van der Waals surface area contributed by atoms with Crippen LogP contribution in [0.25, 0.3) is 5.65 Å². The third-order valence-electron chi connectivity index (χ3n) is 3.63. The first-order valence-corrected chi connectivity index (χ1v) is 6.67. The maximum Gasteiger partial charge on any atom is 0.339 e. The SMILES string of the molecule is O=C(O)c1cccn2cc(CC3CCCCN3)nc12. The van der Waals surface area contributed by atoms with E-state index in [1.807, 2.05) is 12.4 Å². The minimum Gasteiger partial charge on any atom is -0.478 e. The minimum absolute atomic E-state index is 0.255. The number of aromatic nitrogens is 2. The van der Waals surface area contributed by atoms with Crippen molar-refractivity contribution >= 4 is 11.6 Å². The Morgan fingerprint density at radius 2 is 2.42 bits per heavy atom. The number of fused-ring (bicyclic) bond motifs is 1. The second-order valence-electron chi connectivity index (χ2n) is 5.04. The van der Waals surface area contributed by atoms with Crippen molar-refractivity contribution in [1.82, 2.24) is 14.7 Å². The molecular weight excluding hydrogens is 242 g/mol. The molecule has 1 atom stereocenters. The van der Waals surface area contributed by atoms with Gasteiger partial charge >= 0.3 is 5.97 Å². The highest BCUT2D eigenvalue weighted by Gasteiger charge is 2.16. The summed E-state index contributed by atoms with van der Waals surface area (Å²) in [5.74, 6) is -0.932.